The molecule has 0 saturated heterocycles. The second-order valence-corrected chi connectivity index (χ2v) is 4.48. The molecule has 1 heterocycles. The number of hydrogen-bond donors (Lipinski definition) is 1. The molecule has 6 nitrogen and oxygen atoms in total. The fourth-order valence-electron chi connectivity index (χ4n) is 1.68. The van der Waals surface area contributed by atoms with Crippen molar-refractivity contribution in [2.24, 2.45) is 0 Å². The van der Waals surface area contributed by atoms with Crippen LogP contribution in [0.2, 0.25) is 0 Å². The van der Waals surface area contributed by atoms with Gasteiger partial charge in [0, 0.05) is 19.1 Å². The highest BCUT2D eigenvalue weighted by molar-refractivity contribution is 5.88. The molecule has 1 aromatic carbocycles. The highest BCUT2D eigenvalue weighted by Gasteiger charge is 2.11. The van der Waals surface area contributed by atoms with E-state index in [-0.39, 0.29) is 11.7 Å². The number of aryl methyl sites for hydroxylation is 1. The summed E-state index contributed by atoms with van der Waals surface area (Å²) in [6.45, 7) is 1.97. The lowest BCUT2D eigenvalue weighted by molar-refractivity contribution is 0.0697. The fraction of sp³-hybridized carbons (Fsp3) is 0.357. The zero-order chi connectivity index (χ0) is 14.5. The second-order valence-electron chi connectivity index (χ2n) is 4.48. The number of methoxy groups -OCH3 is 1. The van der Waals surface area contributed by atoms with Crippen LogP contribution >= 0.6 is 0 Å². The van der Waals surface area contributed by atoms with Gasteiger partial charge < -0.3 is 14.4 Å². The summed E-state index contributed by atoms with van der Waals surface area (Å²) in [5, 5.41) is 12.7. The van der Waals surface area contributed by atoms with Crippen molar-refractivity contribution in [1.82, 2.24) is 10.1 Å². The van der Waals surface area contributed by atoms with Crippen molar-refractivity contribution in [3.63, 3.8) is 0 Å². The molecule has 1 unspecified atom stereocenters. The first-order valence-electron chi connectivity index (χ1n) is 6.29. The lowest BCUT2D eigenvalue weighted by Gasteiger charge is -2.05. The van der Waals surface area contributed by atoms with Crippen molar-refractivity contribution in [2.45, 2.75) is 25.9 Å². The van der Waals surface area contributed by atoms with Crippen LogP contribution in [0, 0.1) is 0 Å². The molecule has 0 spiro atoms. The molecule has 1 aromatic heterocycles. The molecule has 0 radical (unpaired) electrons. The predicted octanol–water partition coefficient (Wildman–Crippen LogP) is 2.40. The van der Waals surface area contributed by atoms with Crippen LogP contribution in [0.25, 0.3) is 11.4 Å². The van der Waals surface area contributed by atoms with E-state index in [1.54, 1.807) is 19.2 Å². The number of nitrogens with zero attached hydrogens (tertiary/aromatic N) is 2. The van der Waals surface area contributed by atoms with Crippen LogP contribution in [-0.2, 0) is 11.2 Å². The summed E-state index contributed by atoms with van der Waals surface area (Å²) in [5.41, 5.74) is 0.955. The van der Waals surface area contributed by atoms with E-state index in [0.717, 1.165) is 12.0 Å². The van der Waals surface area contributed by atoms with E-state index in [4.69, 9.17) is 14.4 Å². The van der Waals surface area contributed by atoms with Crippen molar-refractivity contribution < 1.29 is 19.2 Å². The van der Waals surface area contributed by atoms with E-state index in [1.807, 2.05) is 6.92 Å². The molecule has 1 atom stereocenters. The molecule has 0 aliphatic rings. The number of ether oxygens (including phenoxy) is 1. The first kappa shape index (κ1) is 14.2. The first-order valence-corrected chi connectivity index (χ1v) is 6.29. The molecule has 20 heavy (non-hydrogen) atoms. The molecule has 106 valence electrons. The first-order chi connectivity index (χ1) is 9.60. The van der Waals surface area contributed by atoms with E-state index in [0.29, 0.717) is 18.1 Å². The highest BCUT2D eigenvalue weighted by Crippen LogP contribution is 2.17. The zero-order valence-corrected chi connectivity index (χ0v) is 11.4. The van der Waals surface area contributed by atoms with Crippen LogP contribution in [0.4, 0.5) is 0 Å². The van der Waals surface area contributed by atoms with E-state index < -0.39 is 5.97 Å². The standard InChI is InChI=1S/C14H16N2O4/c1-9(19-2)3-8-12-15-13(16-20-12)10-4-6-11(7-5-10)14(17)18/h4-7,9H,3,8H2,1-2H3,(H,17,18). The summed E-state index contributed by atoms with van der Waals surface area (Å²) in [6.07, 6.45) is 1.59. The number of benzene rings is 1. The average molecular weight is 276 g/mol. The molecule has 0 aliphatic carbocycles. The third-order valence-electron chi connectivity index (χ3n) is 3.03. The van der Waals surface area contributed by atoms with Crippen LogP contribution < -0.4 is 0 Å². The largest absolute Gasteiger partial charge is 0.478 e. The zero-order valence-electron chi connectivity index (χ0n) is 11.4. The van der Waals surface area contributed by atoms with Crippen molar-refractivity contribution in [3.05, 3.63) is 35.7 Å². The lowest BCUT2D eigenvalue weighted by Crippen LogP contribution is -2.05. The topological polar surface area (TPSA) is 85.5 Å². The molecule has 0 saturated carbocycles. The second kappa shape index (κ2) is 6.29. The molecule has 0 fully saturated rings. The predicted molar refractivity (Wildman–Crippen MR) is 71.5 cm³/mol. The monoisotopic (exact) mass is 276 g/mol. The summed E-state index contributed by atoms with van der Waals surface area (Å²) in [7, 11) is 1.66. The fourth-order valence-corrected chi connectivity index (χ4v) is 1.68. The Hall–Kier alpha value is -2.21. The summed E-state index contributed by atoms with van der Waals surface area (Å²) < 4.78 is 10.3. The summed E-state index contributed by atoms with van der Waals surface area (Å²) in [4.78, 5) is 15.0. The van der Waals surface area contributed by atoms with Crippen LogP contribution in [0.1, 0.15) is 29.6 Å². The van der Waals surface area contributed by atoms with Gasteiger partial charge in [0.2, 0.25) is 11.7 Å². The van der Waals surface area contributed by atoms with Crippen LogP contribution in [0.15, 0.2) is 28.8 Å². The molecular weight excluding hydrogens is 260 g/mol. The van der Waals surface area contributed by atoms with Gasteiger partial charge in [-0.1, -0.05) is 17.3 Å². The average Bonchev–Trinajstić information content (AvgIpc) is 2.93. The van der Waals surface area contributed by atoms with E-state index in [1.165, 1.54) is 12.1 Å². The SMILES string of the molecule is COC(C)CCc1nc(-c2ccc(C(=O)O)cc2)no1. The Morgan fingerprint density at radius 3 is 2.70 bits per heavy atom. The van der Waals surface area contributed by atoms with Gasteiger partial charge in [0.1, 0.15) is 0 Å². The Bertz CT molecular complexity index is 577. The third kappa shape index (κ3) is 3.42. The Balaban J connectivity index is 2.06. The molecule has 0 bridgehead atoms. The minimum atomic E-state index is -0.959. The maximum absolute atomic E-state index is 10.8. The smallest absolute Gasteiger partial charge is 0.335 e. The van der Waals surface area contributed by atoms with Gasteiger partial charge >= 0.3 is 5.97 Å². The number of aromatic carboxylic acids is 1. The van der Waals surface area contributed by atoms with Gasteiger partial charge in [-0.05, 0) is 25.5 Å². The summed E-state index contributed by atoms with van der Waals surface area (Å²) in [5.74, 6) is 0.0483. The molecular formula is C14H16N2O4. The highest BCUT2D eigenvalue weighted by atomic mass is 16.5. The van der Waals surface area contributed by atoms with Crippen LogP contribution in [0.3, 0.4) is 0 Å². The molecule has 2 aromatic rings. The van der Waals surface area contributed by atoms with Gasteiger partial charge in [-0.25, -0.2) is 4.79 Å². The van der Waals surface area contributed by atoms with Gasteiger partial charge in [0.05, 0.1) is 11.7 Å². The number of carboxylic acid groups (broad SMARTS) is 1. The summed E-state index contributed by atoms with van der Waals surface area (Å²) >= 11 is 0. The number of carbonyl (C=O) groups is 1. The normalized spacial score (nSPS) is 12.3. The third-order valence-corrected chi connectivity index (χ3v) is 3.03. The summed E-state index contributed by atoms with van der Waals surface area (Å²) in [6, 6.07) is 6.35. The molecule has 1 N–H and O–H groups in total. The van der Waals surface area contributed by atoms with Gasteiger partial charge in [-0.15, -0.1) is 0 Å². The maximum atomic E-state index is 10.8. The molecule has 0 amide bonds. The maximum Gasteiger partial charge on any atom is 0.335 e. The minimum absolute atomic E-state index is 0.139. The van der Waals surface area contributed by atoms with Crippen LogP contribution in [-0.4, -0.2) is 34.4 Å². The van der Waals surface area contributed by atoms with Crippen LogP contribution in [0.5, 0.6) is 0 Å². The quantitative estimate of drug-likeness (QED) is 0.872. The van der Waals surface area contributed by atoms with E-state index in [9.17, 15) is 4.79 Å². The number of carboxylic acids is 1. The molecule has 6 heteroatoms. The molecule has 2 rings (SSSR count). The van der Waals surface area contributed by atoms with Crippen molar-refractivity contribution in [3.8, 4) is 11.4 Å². The Kier molecular flexibility index (Phi) is 4.47. The van der Waals surface area contributed by atoms with Crippen molar-refractivity contribution in [1.29, 1.82) is 0 Å². The van der Waals surface area contributed by atoms with E-state index >= 15 is 0 Å². The van der Waals surface area contributed by atoms with Crippen molar-refractivity contribution >= 4 is 5.97 Å². The number of rotatable bonds is 6. The number of hydrogen-bond acceptors (Lipinski definition) is 5. The Morgan fingerprint density at radius 1 is 1.40 bits per heavy atom. The molecule has 0 aliphatic heterocycles. The van der Waals surface area contributed by atoms with Gasteiger partial charge in [0.25, 0.3) is 0 Å². The van der Waals surface area contributed by atoms with E-state index in [2.05, 4.69) is 10.1 Å². The Morgan fingerprint density at radius 2 is 2.10 bits per heavy atom. The van der Waals surface area contributed by atoms with Gasteiger partial charge in [0.15, 0.2) is 0 Å². The Labute approximate surface area is 116 Å². The number of aromatic nitrogens is 2. The lowest BCUT2D eigenvalue weighted by atomic mass is 10.1. The van der Waals surface area contributed by atoms with Gasteiger partial charge in [-0.2, -0.15) is 4.98 Å². The van der Waals surface area contributed by atoms with Gasteiger partial charge in [-0.3, -0.25) is 0 Å². The minimum Gasteiger partial charge on any atom is -0.478 e. The van der Waals surface area contributed by atoms with Crippen molar-refractivity contribution in [2.75, 3.05) is 7.11 Å².